The predicted octanol–water partition coefficient (Wildman–Crippen LogP) is 5.76. The minimum atomic E-state index is -0.986. The van der Waals surface area contributed by atoms with Gasteiger partial charge < -0.3 is 20.3 Å². The number of halogens is 1. The monoisotopic (exact) mass is 447 g/mol. The number of amides is 1. The predicted molar refractivity (Wildman–Crippen MR) is 127 cm³/mol. The van der Waals surface area contributed by atoms with E-state index < -0.39 is 5.97 Å². The lowest BCUT2D eigenvalue weighted by molar-refractivity contribution is 0.0696. The zero-order chi connectivity index (χ0) is 22.8. The molecule has 32 heavy (non-hydrogen) atoms. The largest absolute Gasteiger partial charge is 0.478 e. The summed E-state index contributed by atoms with van der Waals surface area (Å²) in [7, 11) is 1.85. The molecule has 3 aromatic carbocycles. The third-order valence-corrected chi connectivity index (χ3v) is 5.66. The summed E-state index contributed by atoms with van der Waals surface area (Å²) in [6.45, 7) is 1.86. The normalized spacial score (nSPS) is 11.8. The van der Waals surface area contributed by atoms with Crippen LogP contribution >= 0.6 is 11.6 Å². The van der Waals surface area contributed by atoms with E-state index in [1.807, 2.05) is 54.9 Å². The fraction of sp³-hybridized carbons (Fsp3) is 0.120. The second-order valence-electron chi connectivity index (χ2n) is 7.56. The van der Waals surface area contributed by atoms with Crippen LogP contribution in [0.1, 0.15) is 39.4 Å². The van der Waals surface area contributed by atoms with Crippen molar-refractivity contribution in [3.05, 3.63) is 94.6 Å². The number of nitrogens with zero attached hydrogens (tertiary/aromatic N) is 1. The molecule has 0 fully saturated rings. The first-order chi connectivity index (χ1) is 15.3. The number of nitrogens with one attached hydrogen (secondary N) is 2. The van der Waals surface area contributed by atoms with Crippen LogP contribution in [0.25, 0.3) is 10.9 Å². The van der Waals surface area contributed by atoms with Crippen LogP contribution in [0.15, 0.2) is 72.8 Å². The molecule has 4 rings (SSSR count). The van der Waals surface area contributed by atoms with Gasteiger partial charge in [0.2, 0.25) is 0 Å². The number of carbonyl (C=O) groups excluding carboxylic acids is 1. The van der Waals surface area contributed by atoms with Gasteiger partial charge in [-0.25, -0.2) is 4.79 Å². The number of carboxylic acid groups (broad SMARTS) is 1. The van der Waals surface area contributed by atoms with Crippen LogP contribution in [0.4, 0.5) is 11.4 Å². The second kappa shape index (κ2) is 8.77. The highest BCUT2D eigenvalue weighted by atomic mass is 35.5. The molecule has 0 bridgehead atoms. The topological polar surface area (TPSA) is 83.4 Å². The summed E-state index contributed by atoms with van der Waals surface area (Å²) in [6, 6.07) is 21.3. The maximum atomic E-state index is 13.4. The number of hydrogen-bond donors (Lipinski definition) is 3. The molecular formula is C25H22ClN3O3. The summed E-state index contributed by atoms with van der Waals surface area (Å²) in [5.74, 6) is -1.23. The highest BCUT2D eigenvalue weighted by Gasteiger charge is 2.23. The zero-order valence-corrected chi connectivity index (χ0v) is 18.4. The standard InChI is InChI=1S/C25H22ClN3O3/c1-15(16-10-12-17(13-11-16)25(31)32)27-24(30)23-22(28-19-7-5-6-18(26)14-19)20-8-3-4-9-21(20)29(23)2/h3-15,28H,1-2H3,(H,27,30)(H,31,32). The summed E-state index contributed by atoms with van der Waals surface area (Å²) in [5.41, 5.74) is 3.89. The number of benzene rings is 3. The number of aromatic carboxylic acids is 1. The van der Waals surface area contributed by atoms with E-state index in [2.05, 4.69) is 10.6 Å². The van der Waals surface area contributed by atoms with Gasteiger partial charge in [0.15, 0.2) is 0 Å². The first kappa shape index (κ1) is 21.5. The average Bonchev–Trinajstić information content (AvgIpc) is 3.05. The Morgan fingerprint density at radius 3 is 2.41 bits per heavy atom. The van der Waals surface area contributed by atoms with Gasteiger partial charge in [0.1, 0.15) is 5.69 Å². The lowest BCUT2D eigenvalue weighted by atomic mass is 10.1. The van der Waals surface area contributed by atoms with E-state index in [0.717, 1.165) is 22.2 Å². The minimum Gasteiger partial charge on any atom is -0.478 e. The number of aryl methyl sites for hydroxylation is 1. The number of rotatable bonds is 6. The molecule has 1 heterocycles. The molecule has 1 atom stereocenters. The molecule has 3 N–H and O–H groups in total. The van der Waals surface area contributed by atoms with Crippen molar-refractivity contribution in [3.8, 4) is 0 Å². The Kier molecular flexibility index (Phi) is 5.88. The van der Waals surface area contributed by atoms with Crippen LogP contribution in [0.2, 0.25) is 5.02 Å². The molecule has 0 aliphatic heterocycles. The highest BCUT2D eigenvalue weighted by Crippen LogP contribution is 2.33. The second-order valence-corrected chi connectivity index (χ2v) is 7.99. The molecule has 1 unspecified atom stereocenters. The van der Waals surface area contributed by atoms with E-state index >= 15 is 0 Å². The van der Waals surface area contributed by atoms with E-state index in [1.54, 1.807) is 24.3 Å². The van der Waals surface area contributed by atoms with Gasteiger partial charge in [-0.3, -0.25) is 4.79 Å². The third kappa shape index (κ3) is 4.18. The Morgan fingerprint density at radius 2 is 1.72 bits per heavy atom. The number of hydrogen-bond acceptors (Lipinski definition) is 3. The van der Waals surface area contributed by atoms with Gasteiger partial charge >= 0.3 is 5.97 Å². The molecule has 1 amide bonds. The lowest BCUT2D eigenvalue weighted by Crippen LogP contribution is -2.29. The van der Waals surface area contributed by atoms with Crippen molar-refractivity contribution in [2.24, 2.45) is 7.05 Å². The summed E-state index contributed by atoms with van der Waals surface area (Å²) in [4.78, 5) is 24.5. The van der Waals surface area contributed by atoms with E-state index in [4.69, 9.17) is 16.7 Å². The molecule has 0 aliphatic rings. The van der Waals surface area contributed by atoms with Gasteiger partial charge in [0, 0.05) is 23.1 Å². The van der Waals surface area contributed by atoms with Crippen LogP contribution in [-0.4, -0.2) is 21.6 Å². The number of para-hydroxylation sites is 1. The molecule has 7 heteroatoms. The molecule has 0 saturated carbocycles. The van der Waals surface area contributed by atoms with Crippen molar-refractivity contribution in [1.82, 2.24) is 9.88 Å². The highest BCUT2D eigenvalue weighted by molar-refractivity contribution is 6.30. The molecule has 0 saturated heterocycles. The first-order valence-corrected chi connectivity index (χ1v) is 10.5. The number of anilines is 2. The fourth-order valence-electron chi connectivity index (χ4n) is 3.76. The quantitative estimate of drug-likeness (QED) is 0.350. The van der Waals surface area contributed by atoms with Crippen molar-refractivity contribution >= 4 is 45.8 Å². The SMILES string of the molecule is CC(NC(=O)c1c(Nc2cccc(Cl)c2)c2ccccc2n1C)c1ccc(C(=O)O)cc1. The molecule has 6 nitrogen and oxygen atoms in total. The summed E-state index contributed by atoms with van der Waals surface area (Å²) in [5, 5.41) is 17.0. The van der Waals surface area contributed by atoms with E-state index in [-0.39, 0.29) is 17.5 Å². The van der Waals surface area contributed by atoms with Gasteiger partial charge in [0.25, 0.3) is 5.91 Å². The van der Waals surface area contributed by atoms with Crippen LogP contribution in [0.5, 0.6) is 0 Å². The summed E-state index contributed by atoms with van der Waals surface area (Å²) < 4.78 is 1.86. The van der Waals surface area contributed by atoms with Crippen molar-refractivity contribution in [1.29, 1.82) is 0 Å². The molecular weight excluding hydrogens is 426 g/mol. The minimum absolute atomic E-state index is 0.203. The van der Waals surface area contributed by atoms with E-state index in [9.17, 15) is 9.59 Å². The van der Waals surface area contributed by atoms with E-state index in [0.29, 0.717) is 16.4 Å². The maximum absolute atomic E-state index is 13.4. The summed E-state index contributed by atoms with van der Waals surface area (Å²) in [6.07, 6.45) is 0. The molecule has 4 aromatic rings. The lowest BCUT2D eigenvalue weighted by Gasteiger charge is -2.16. The molecule has 162 valence electrons. The van der Waals surface area contributed by atoms with Crippen LogP contribution in [-0.2, 0) is 7.05 Å². The van der Waals surface area contributed by atoms with Crippen molar-refractivity contribution in [2.75, 3.05) is 5.32 Å². The number of aromatic nitrogens is 1. The van der Waals surface area contributed by atoms with Crippen LogP contribution in [0.3, 0.4) is 0 Å². The fourth-order valence-corrected chi connectivity index (χ4v) is 3.95. The third-order valence-electron chi connectivity index (χ3n) is 5.42. The van der Waals surface area contributed by atoms with Gasteiger partial charge in [-0.1, -0.05) is 48.0 Å². The Morgan fingerprint density at radius 1 is 1.00 bits per heavy atom. The van der Waals surface area contributed by atoms with Gasteiger partial charge in [0.05, 0.1) is 22.8 Å². The number of fused-ring (bicyclic) bond motifs is 1. The van der Waals surface area contributed by atoms with Crippen molar-refractivity contribution in [3.63, 3.8) is 0 Å². The number of carbonyl (C=O) groups is 2. The maximum Gasteiger partial charge on any atom is 0.335 e. The average molecular weight is 448 g/mol. The molecule has 0 aliphatic carbocycles. The van der Waals surface area contributed by atoms with Crippen molar-refractivity contribution in [2.45, 2.75) is 13.0 Å². The number of carboxylic acids is 1. The Hall–Kier alpha value is -3.77. The van der Waals surface area contributed by atoms with Gasteiger partial charge in [-0.05, 0) is 48.9 Å². The summed E-state index contributed by atoms with van der Waals surface area (Å²) >= 11 is 6.14. The molecule has 0 radical (unpaired) electrons. The molecule has 0 spiro atoms. The Bertz CT molecular complexity index is 1310. The van der Waals surface area contributed by atoms with Crippen LogP contribution < -0.4 is 10.6 Å². The molecule has 1 aromatic heterocycles. The van der Waals surface area contributed by atoms with Crippen LogP contribution in [0, 0.1) is 0 Å². The van der Waals surface area contributed by atoms with Gasteiger partial charge in [-0.15, -0.1) is 0 Å². The Balaban J connectivity index is 1.68. The van der Waals surface area contributed by atoms with Gasteiger partial charge in [-0.2, -0.15) is 0 Å². The Labute approximate surface area is 190 Å². The smallest absolute Gasteiger partial charge is 0.335 e. The first-order valence-electron chi connectivity index (χ1n) is 10.1. The zero-order valence-electron chi connectivity index (χ0n) is 17.6. The van der Waals surface area contributed by atoms with Crippen molar-refractivity contribution < 1.29 is 14.7 Å². The van der Waals surface area contributed by atoms with E-state index in [1.165, 1.54) is 12.1 Å².